The third-order valence-electron chi connectivity index (χ3n) is 5.13. The van der Waals surface area contributed by atoms with Gasteiger partial charge in [-0.05, 0) is 23.8 Å². The van der Waals surface area contributed by atoms with Crippen molar-refractivity contribution in [2.24, 2.45) is 5.16 Å². The topological polar surface area (TPSA) is 110 Å². The normalized spacial score (nSPS) is 11.7. The van der Waals surface area contributed by atoms with E-state index < -0.39 is 11.9 Å². The standard InChI is InChI=1S/C27H26N2O6/c1-32-26-15-23(12-13-24(26)21(16-28)14-27(30)31)34-17-19-8-10-22(11-9-19)35-18-25(29-33-2)20-6-4-3-5-7-20/h3-13,15,21H,14,17-18H2,1-2H3,(H,30,31). The lowest BCUT2D eigenvalue weighted by molar-refractivity contribution is -0.137. The maximum atomic E-state index is 11.0. The average Bonchev–Trinajstić information content (AvgIpc) is 2.89. The molecular weight excluding hydrogens is 448 g/mol. The Morgan fingerprint density at radius 3 is 2.34 bits per heavy atom. The highest BCUT2D eigenvalue weighted by molar-refractivity contribution is 6.01. The Hall–Kier alpha value is -4.51. The van der Waals surface area contributed by atoms with E-state index in [1.165, 1.54) is 14.2 Å². The first-order chi connectivity index (χ1) is 17.0. The lowest BCUT2D eigenvalue weighted by atomic mass is 9.96. The molecule has 8 heteroatoms. The van der Waals surface area contributed by atoms with Gasteiger partial charge in [0.1, 0.15) is 43.3 Å². The molecule has 1 unspecified atom stereocenters. The van der Waals surface area contributed by atoms with E-state index in [0.29, 0.717) is 35.1 Å². The Kier molecular flexibility index (Phi) is 9.08. The first-order valence-electron chi connectivity index (χ1n) is 10.8. The molecule has 0 fully saturated rings. The van der Waals surface area contributed by atoms with Gasteiger partial charge in [0.25, 0.3) is 0 Å². The van der Waals surface area contributed by atoms with Crippen molar-refractivity contribution in [3.05, 3.63) is 89.5 Å². The van der Waals surface area contributed by atoms with Crippen LogP contribution in [0, 0.1) is 11.3 Å². The van der Waals surface area contributed by atoms with Gasteiger partial charge in [-0.3, -0.25) is 4.79 Å². The highest BCUT2D eigenvalue weighted by Crippen LogP contribution is 2.32. The largest absolute Gasteiger partial charge is 0.496 e. The summed E-state index contributed by atoms with van der Waals surface area (Å²) >= 11 is 0. The first-order valence-corrected chi connectivity index (χ1v) is 10.8. The Morgan fingerprint density at radius 2 is 1.71 bits per heavy atom. The van der Waals surface area contributed by atoms with Crippen LogP contribution in [0.25, 0.3) is 0 Å². The van der Waals surface area contributed by atoms with Crippen LogP contribution in [0.3, 0.4) is 0 Å². The maximum Gasteiger partial charge on any atom is 0.305 e. The zero-order valence-electron chi connectivity index (χ0n) is 19.5. The number of hydrogen-bond donors (Lipinski definition) is 1. The number of aliphatic carboxylic acids is 1. The molecule has 1 N–H and O–H groups in total. The zero-order valence-corrected chi connectivity index (χ0v) is 19.5. The molecular formula is C27H26N2O6. The number of benzene rings is 3. The SMILES string of the molecule is CON=C(COc1ccc(COc2ccc(C(C#N)CC(=O)O)c(OC)c2)cc1)c1ccccc1. The fourth-order valence-electron chi connectivity index (χ4n) is 3.37. The summed E-state index contributed by atoms with van der Waals surface area (Å²) in [5.41, 5.74) is 3.04. The van der Waals surface area contributed by atoms with Gasteiger partial charge in [0.15, 0.2) is 0 Å². The van der Waals surface area contributed by atoms with Crippen LogP contribution >= 0.6 is 0 Å². The molecule has 0 saturated heterocycles. The van der Waals surface area contributed by atoms with Crippen LogP contribution in [0.2, 0.25) is 0 Å². The summed E-state index contributed by atoms with van der Waals surface area (Å²) in [7, 11) is 2.97. The van der Waals surface area contributed by atoms with Crippen molar-refractivity contribution in [1.29, 1.82) is 5.26 Å². The van der Waals surface area contributed by atoms with Gasteiger partial charge in [0.2, 0.25) is 0 Å². The van der Waals surface area contributed by atoms with Gasteiger partial charge in [-0.15, -0.1) is 0 Å². The van der Waals surface area contributed by atoms with E-state index in [1.54, 1.807) is 18.2 Å². The summed E-state index contributed by atoms with van der Waals surface area (Å²) in [6.07, 6.45) is -0.300. The third kappa shape index (κ3) is 7.24. The van der Waals surface area contributed by atoms with Crippen LogP contribution < -0.4 is 14.2 Å². The molecule has 3 aromatic carbocycles. The maximum absolute atomic E-state index is 11.0. The number of oxime groups is 1. The minimum atomic E-state index is -1.05. The van der Waals surface area contributed by atoms with Gasteiger partial charge in [0.05, 0.1) is 25.5 Å². The number of carbonyl (C=O) groups is 1. The van der Waals surface area contributed by atoms with Gasteiger partial charge in [-0.25, -0.2) is 0 Å². The fraction of sp³-hybridized carbons (Fsp3) is 0.222. The summed E-state index contributed by atoms with van der Waals surface area (Å²) in [6, 6.07) is 24.2. The summed E-state index contributed by atoms with van der Waals surface area (Å²) in [6.45, 7) is 0.561. The van der Waals surface area contributed by atoms with Crippen molar-refractivity contribution >= 4 is 11.7 Å². The van der Waals surface area contributed by atoms with Crippen molar-refractivity contribution in [3.8, 4) is 23.3 Å². The molecule has 0 saturated carbocycles. The molecule has 180 valence electrons. The van der Waals surface area contributed by atoms with Crippen LogP contribution in [0.15, 0.2) is 78.0 Å². The summed E-state index contributed by atoms with van der Waals surface area (Å²) in [4.78, 5) is 16.0. The van der Waals surface area contributed by atoms with Crippen molar-refractivity contribution in [3.63, 3.8) is 0 Å². The molecule has 0 aliphatic heterocycles. The van der Waals surface area contributed by atoms with E-state index in [4.69, 9.17) is 24.2 Å². The van der Waals surface area contributed by atoms with E-state index in [2.05, 4.69) is 5.16 Å². The van der Waals surface area contributed by atoms with Gasteiger partial charge < -0.3 is 24.2 Å². The molecule has 0 aromatic heterocycles. The second-order valence-electron chi connectivity index (χ2n) is 7.49. The lowest BCUT2D eigenvalue weighted by Crippen LogP contribution is -2.13. The first kappa shape index (κ1) is 25.1. The smallest absolute Gasteiger partial charge is 0.305 e. The lowest BCUT2D eigenvalue weighted by Gasteiger charge is -2.14. The van der Waals surface area contributed by atoms with E-state index in [0.717, 1.165) is 11.1 Å². The molecule has 0 spiro atoms. The van der Waals surface area contributed by atoms with E-state index in [9.17, 15) is 10.1 Å². The molecule has 3 aromatic rings. The monoisotopic (exact) mass is 474 g/mol. The molecule has 0 amide bonds. The van der Waals surface area contributed by atoms with Crippen LogP contribution in [0.5, 0.6) is 17.2 Å². The number of methoxy groups -OCH3 is 1. The van der Waals surface area contributed by atoms with E-state index in [1.807, 2.05) is 60.7 Å². The minimum absolute atomic E-state index is 0.255. The van der Waals surface area contributed by atoms with Gasteiger partial charge in [0, 0.05) is 17.2 Å². The van der Waals surface area contributed by atoms with Crippen molar-refractivity contribution in [1.82, 2.24) is 0 Å². The molecule has 8 nitrogen and oxygen atoms in total. The van der Waals surface area contributed by atoms with Crippen LogP contribution in [-0.2, 0) is 16.2 Å². The summed E-state index contributed by atoms with van der Waals surface area (Å²) in [5.74, 6) is -0.221. The number of nitriles is 1. The number of hydrogen-bond acceptors (Lipinski definition) is 7. The molecule has 0 bridgehead atoms. The second-order valence-corrected chi connectivity index (χ2v) is 7.49. The Morgan fingerprint density at radius 1 is 1.00 bits per heavy atom. The Bertz CT molecular complexity index is 1190. The molecule has 0 heterocycles. The molecule has 3 rings (SSSR count). The highest BCUT2D eigenvalue weighted by Gasteiger charge is 2.19. The number of nitrogens with zero attached hydrogens (tertiary/aromatic N) is 2. The van der Waals surface area contributed by atoms with Gasteiger partial charge in [-0.2, -0.15) is 5.26 Å². The highest BCUT2D eigenvalue weighted by atomic mass is 16.6. The number of carboxylic acid groups (broad SMARTS) is 1. The Balaban J connectivity index is 1.59. The molecule has 0 radical (unpaired) electrons. The number of rotatable bonds is 12. The summed E-state index contributed by atoms with van der Waals surface area (Å²) in [5, 5.41) is 22.4. The summed E-state index contributed by atoms with van der Waals surface area (Å²) < 4.78 is 17.1. The zero-order chi connectivity index (χ0) is 25.0. The van der Waals surface area contributed by atoms with Gasteiger partial charge >= 0.3 is 5.97 Å². The minimum Gasteiger partial charge on any atom is -0.496 e. The molecule has 1 atom stereocenters. The quantitative estimate of drug-likeness (QED) is 0.297. The number of carboxylic acids is 1. The van der Waals surface area contributed by atoms with E-state index in [-0.39, 0.29) is 13.0 Å². The molecule has 0 aliphatic rings. The van der Waals surface area contributed by atoms with Crippen molar-refractivity contribution in [2.45, 2.75) is 18.9 Å². The predicted molar refractivity (Wildman–Crippen MR) is 130 cm³/mol. The average molecular weight is 475 g/mol. The van der Waals surface area contributed by atoms with Crippen LogP contribution in [0.1, 0.15) is 29.0 Å². The Labute approximate surface area is 203 Å². The van der Waals surface area contributed by atoms with E-state index >= 15 is 0 Å². The van der Waals surface area contributed by atoms with Crippen molar-refractivity contribution < 1.29 is 28.9 Å². The van der Waals surface area contributed by atoms with Gasteiger partial charge in [-0.1, -0.05) is 53.7 Å². The third-order valence-corrected chi connectivity index (χ3v) is 5.13. The second kappa shape index (κ2) is 12.7. The number of ether oxygens (including phenoxy) is 3. The predicted octanol–water partition coefficient (Wildman–Crippen LogP) is 4.79. The molecule has 35 heavy (non-hydrogen) atoms. The van der Waals surface area contributed by atoms with Crippen LogP contribution in [0.4, 0.5) is 0 Å². The van der Waals surface area contributed by atoms with Crippen LogP contribution in [-0.4, -0.2) is 37.6 Å². The van der Waals surface area contributed by atoms with Crippen molar-refractivity contribution in [2.75, 3.05) is 20.8 Å². The molecule has 0 aliphatic carbocycles. The fourth-order valence-corrected chi connectivity index (χ4v) is 3.37.